The van der Waals surface area contributed by atoms with E-state index in [1.807, 2.05) is 0 Å². The molecule has 4 nitrogen and oxygen atoms in total. The van der Waals surface area contributed by atoms with E-state index in [1.54, 1.807) is 6.92 Å². The van der Waals surface area contributed by atoms with Gasteiger partial charge in [-0.15, -0.1) is 11.3 Å². The van der Waals surface area contributed by atoms with E-state index < -0.39 is 5.97 Å². The maximum atomic E-state index is 11.1. The number of aromatic carboxylic acids is 1. The number of hydrogen-bond donors (Lipinski definition) is 1. The van der Waals surface area contributed by atoms with Crippen molar-refractivity contribution in [3.63, 3.8) is 0 Å². The highest BCUT2D eigenvalue weighted by Gasteiger charge is 2.49. The van der Waals surface area contributed by atoms with Crippen LogP contribution in [0.15, 0.2) is 0 Å². The highest BCUT2D eigenvalue weighted by atomic mass is 32.1. The second kappa shape index (κ2) is 4.78. The first-order valence-electron chi connectivity index (χ1n) is 7.61. The summed E-state index contributed by atoms with van der Waals surface area (Å²) in [5.74, 6) is -0.857. The van der Waals surface area contributed by atoms with E-state index in [4.69, 9.17) is 5.11 Å². The van der Waals surface area contributed by atoms with E-state index in [0.29, 0.717) is 27.4 Å². The molecule has 0 spiro atoms. The van der Waals surface area contributed by atoms with Crippen LogP contribution < -0.4 is 0 Å². The molecule has 1 saturated carbocycles. The lowest BCUT2D eigenvalue weighted by Crippen LogP contribution is -2.34. The van der Waals surface area contributed by atoms with E-state index in [9.17, 15) is 4.79 Å². The molecule has 2 atom stereocenters. The molecule has 0 amide bonds. The summed E-state index contributed by atoms with van der Waals surface area (Å²) in [5.41, 5.74) is 1.47. The molecule has 5 heteroatoms. The molecular weight excluding hydrogens is 284 g/mol. The van der Waals surface area contributed by atoms with Gasteiger partial charge in [0.1, 0.15) is 9.88 Å². The number of thiazole rings is 1. The Morgan fingerprint density at radius 3 is 2.76 bits per heavy atom. The Hall–Kier alpha value is -0.940. The number of rotatable bonds is 3. The van der Waals surface area contributed by atoms with Crippen molar-refractivity contribution in [2.24, 2.45) is 10.8 Å². The van der Waals surface area contributed by atoms with Crippen molar-refractivity contribution in [3.8, 4) is 0 Å². The van der Waals surface area contributed by atoms with Gasteiger partial charge in [0.25, 0.3) is 0 Å². The number of aromatic nitrogens is 1. The summed E-state index contributed by atoms with van der Waals surface area (Å²) in [5, 5.41) is 10.1. The fraction of sp³-hybridized carbons (Fsp3) is 0.750. The van der Waals surface area contributed by atoms with Gasteiger partial charge in [-0.25, -0.2) is 9.78 Å². The van der Waals surface area contributed by atoms with Gasteiger partial charge in [-0.3, -0.25) is 4.90 Å². The summed E-state index contributed by atoms with van der Waals surface area (Å²) in [6, 6.07) is 0.622. The fourth-order valence-electron chi connectivity index (χ4n) is 4.65. The maximum Gasteiger partial charge on any atom is 0.347 e. The Morgan fingerprint density at radius 2 is 2.14 bits per heavy atom. The minimum Gasteiger partial charge on any atom is -0.477 e. The summed E-state index contributed by atoms with van der Waals surface area (Å²) in [4.78, 5) is 18.5. The van der Waals surface area contributed by atoms with Crippen molar-refractivity contribution < 1.29 is 9.90 Å². The first-order valence-corrected chi connectivity index (χ1v) is 8.43. The zero-order valence-corrected chi connectivity index (χ0v) is 14.1. The van der Waals surface area contributed by atoms with E-state index in [-0.39, 0.29) is 0 Å². The van der Waals surface area contributed by atoms with Gasteiger partial charge in [0.05, 0.1) is 12.2 Å². The quantitative estimate of drug-likeness (QED) is 0.928. The van der Waals surface area contributed by atoms with E-state index in [0.717, 1.165) is 18.1 Å². The highest BCUT2D eigenvalue weighted by Crippen LogP contribution is 2.52. The van der Waals surface area contributed by atoms with Gasteiger partial charge in [0, 0.05) is 12.6 Å². The number of carboxylic acids is 1. The number of hydrogen-bond acceptors (Lipinski definition) is 4. The minimum absolute atomic E-state index is 0.388. The summed E-state index contributed by atoms with van der Waals surface area (Å²) in [6.07, 6.45) is 3.79. The Kier molecular flexibility index (Phi) is 3.41. The van der Waals surface area contributed by atoms with Crippen LogP contribution in [-0.2, 0) is 6.54 Å². The fourth-order valence-corrected chi connectivity index (χ4v) is 5.58. The van der Waals surface area contributed by atoms with Gasteiger partial charge in [-0.05, 0) is 37.0 Å². The molecule has 1 saturated heterocycles. The average molecular weight is 308 g/mol. The molecule has 2 fully saturated rings. The molecule has 21 heavy (non-hydrogen) atoms. The Bertz CT molecular complexity index is 581. The second-order valence-corrected chi connectivity index (χ2v) is 9.03. The molecule has 3 rings (SSSR count). The number of likely N-dealkylation sites (tertiary alicyclic amines) is 1. The number of nitrogens with zero attached hydrogens (tertiary/aromatic N) is 2. The van der Waals surface area contributed by atoms with E-state index in [1.165, 1.54) is 30.6 Å². The summed E-state index contributed by atoms with van der Waals surface area (Å²) in [6.45, 7) is 10.8. The zero-order valence-electron chi connectivity index (χ0n) is 13.3. The molecule has 1 aromatic rings. The monoisotopic (exact) mass is 308 g/mol. The van der Waals surface area contributed by atoms with E-state index >= 15 is 0 Å². The standard InChI is InChI=1S/C16H24N2O2S/c1-10-13(14(19)20)21-12(17-10)7-18-9-16(4)6-11(18)5-15(2,3)8-16/h11H,5-9H2,1-4H3,(H,19,20). The molecule has 1 aromatic heterocycles. The SMILES string of the molecule is Cc1nc(CN2CC3(C)CC2CC(C)(C)C3)sc1C(=O)O. The molecule has 2 heterocycles. The van der Waals surface area contributed by atoms with E-state index in [2.05, 4.69) is 30.7 Å². The molecule has 0 aromatic carbocycles. The number of aryl methyl sites for hydroxylation is 1. The van der Waals surface area contributed by atoms with Crippen molar-refractivity contribution in [3.05, 3.63) is 15.6 Å². The molecule has 2 bridgehead atoms. The van der Waals surface area contributed by atoms with Gasteiger partial charge >= 0.3 is 5.97 Å². The Balaban J connectivity index is 1.77. The number of carboxylic acid groups (broad SMARTS) is 1. The van der Waals surface area contributed by atoms with Gasteiger partial charge < -0.3 is 5.11 Å². The van der Waals surface area contributed by atoms with Crippen LogP contribution in [0.4, 0.5) is 0 Å². The van der Waals surface area contributed by atoms with Crippen LogP contribution in [0.3, 0.4) is 0 Å². The molecule has 1 aliphatic carbocycles. The first-order chi connectivity index (χ1) is 9.67. The van der Waals surface area contributed by atoms with Gasteiger partial charge in [-0.1, -0.05) is 20.8 Å². The molecule has 2 aliphatic rings. The molecule has 0 radical (unpaired) electrons. The van der Waals surface area contributed by atoms with Crippen molar-refractivity contribution in [2.45, 2.75) is 59.5 Å². The molecule has 116 valence electrons. The van der Waals surface area contributed by atoms with Crippen molar-refractivity contribution in [2.75, 3.05) is 6.54 Å². The zero-order chi connectivity index (χ0) is 15.4. The van der Waals surface area contributed by atoms with Crippen LogP contribution in [0, 0.1) is 17.8 Å². The average Bonchev–Trinajstić information content (AvgIpc) is 2.76. The lowest BCUT2D eigenvalue weighted by atomic mass is 9.65. The van der Waals surface area contributed by atoms with Gasteiger partial charge in [0.15, 0.2) is 0 Å². The minimum atomic E-state index is -0.857. The topological polar surface area (TPSA) is 53.4 Å². The maximum absolute atomic E-state index is 11.1. The van der Waals surface area contributed by atoms with Crippen LogP contribution in [0.25, 0.3) is 0 Å². The Labute approximate surface area is 130 Å². The normalized spacial score (nSPS) is 31.5. The lowest BCUT2D eigenvalue weighted by Gasteiger charge is -2.39. The molecule has 2 unspecified atom stereocenters. The predicted molar refractivity (Wildman–Crippen MR) is 83.7 cm³/mol. The molecule has 1 aliphatic heterocycles. The third kappa shape index (κ3) is 2.86. The third-order valence-corrected chi connectivity index (χ3v) is 6.03. The number of carbonyl (C=O) groups is 1. The molecular formula is C16H24N2O2S. The van der Waals surface area contributed by atoms with Crippen molar-refractivity contribution >= 4 is 17.3 Å². The van der Waals surface area contributed by atoms with Crippen LogP contribution in [0.5, 0.6) is 0 Å². The van der Waals surface area contributed by atoms with Crippen molar-refractivity contribution in [1.29, 1.82) is 0 Å². The summed E-state index contributed by atoms with van der Waals surface area (Å²) >= 11 is 1.34. The third-order valence-electron chi connectivity index (χ3n) is 4.90. The van der Waals surface area contributed by atoms with Crippen LogP contribution >= 0.6 is 11.3 Å². The highest BCUT2D eigenvalue weighted by molar-refractivity contribution is 7.13. The van der Waals surface area contributed by atoms with Crippen LogP contribution in [-0.4, -0.2) is 33.5 Å². The first kappa shape index (κ1) is 15.0. The van der Waals surface area contributed by atoms with Gasteiger partial charge in [-0.2, -0.15) is 0 Å². The largest absolute Gasteiger partial charge is 0.477 e. The predicted octanol–water partition coefficient (Wildman–Crippen LogP) is 3.55. The lowest BCUT2D eigenvalue weighted by molar-refractivity contribution is 0.0701. The number of fused-ring (bicyclic) bond motifs is 2. The smallest absolute Gasteiger partial charge is 0.347 e. The Morgan fingerprint density at radius 1 is 1.43 bits per heavy atom. The van der Waals surface area contributed by atoms with Crippen LogP contribution in [0.1, 0.15) is 60.4 Å². The summed E-state index contributed by atoms with van der Waals surface area (Å²) in [7, 11) is 0. The summed E-state index contributed by atoms with van der Waals surface area (Å²) < 4.78 is 0. The molecule has 1 N–H and O–H groups in total. The van der Waals surface area contributed by atoms with Crippen LogP contribution in [0.2, 0.25) is 0 Å². The van der Waals surface area contributed by atoms with Crippen molar-refractivity contribution in [1.82, 2.24) is 9.88 Å². The van der Waals surface area contributed by atoms with Gasteiger partial charge in [0.2, 0.25) is 0 Å². The second-order valence-electron chi connectivity index (χ2n) is 7.95.